The Bertz CT molecular complexity index is 659. The molecule has 5 nitrogen and oxygen atoms in total. The average molecular weight is 331 g/mol. The molecule has 1 saturated heterocycles. The van der Waals surface area contributed by atoms with Crippen LogP contribution in [0.25, 0.3) is 0 Å². The predicted octanol–water partition coefficient (Wildman–Crippen LogP) is 3.02. The second kappa shape index (κ2) is 7.08. The highest BCUT2D eigenvalue weighted by molar-refractivity contribution is 7.09. The number of aromatic nitrogens is 2. The fourth-order valence-electron chi connectivity index (χ4n) is 2.87. The number of carbonyl (C=O) groups is 1. The van der Waals surface area contributed by atoms with Gasteiger partial charge < -0.3 is 9.64 Å². The number of pyridine rings is 1. The Morgan fingerprint density at radius 3 is 3.09 bits per heavy atom. The van der Waals surface area contributed by atoms with Gasteiger partial charge in [-0.25, -0.2) is 4.98 Å². The molecule has 0 radical (unpaired) electrons. The molecule has 0 bridgehead atoms. The molecule has 0 saturated carbocycles. The lowest BCUT2D eigenvalue weighted by Gasteiger charge is -2.33. The van der Waals surface area contributed by atoms with Gasteiger partial charge in [-0.3, -0.25) is 9.78 Å². The maximum atomic E-state index is 12.6. The van der Waals surface area contributed by atoms with Crippen LogP contribution in [0.15, 0.2) is 29.9 Å². The largest absolute Gasteiger partial charge is 0.479 e. The Morgan fingerprint density at radius 1 is 1.52 bits per heavy atom. The molecule has 1 aliphatic rings. The van der Waals surface area contributed by atoms with Crippen LogP contribution in [0.1, 0.15) is 36.4 Å². The molecule has 3 heterocycles. The molecule has 2 atom stereocenters. The Kier molecular flexibility index (Phi) is 4.91. The molecule has 3 rings (SSSR count). The summed E-state index contributed by atoms with van der Waals surface area (Å²) in [4.78, 5) is 23.1. The third-order valence-corrected chi connectivity index (χ3v) is 5.14. The van der Waals surface area contributed by atoms with E-state index in [1.165, 1.54) is 0 Å². The Morgan fingerprint density at radius 2 is 2.39 bits per heavy atom. The minimum absolute atomic E-state index is 0.0341. The van der Waals surface area contributed by atoms with E-state index in [9.17, 15) is 4.79 Å². The van der Waals surface area contributed by atoms with Crippen LogP contribution in [0, 0.1) is 6.92 Å². The van der Waals surface area contributed by atoms with Gasteiger partial charge in [0.15, 0.2) is 6.10 Å². The number of nitrogens with zero attached hydrogens (tertiary/aromatic N) is 3. The quantitative estimate of drug-likeness (QED) is 0.864. The number of likely N-dealkylation sites (tertiary alicyclic amines) is 1. The molecule has 6 heteroatoms. The molecule has 0 N–H and O–H groups in total. The first-order chi connectivity index (χ1) is 11.1. The van der Waals surface area contributed by atoms with Crippen molar-refractivity contribution in [3.8, 4) is 5.75 Å². The summed E-state index contributed by atoms with van der Waals surface area (Å²) in [5.74, 6) is 1.00. The van der Waals surface area contributed by atoms with Crippen LogP contribution in [-0.2, 0) is 4.79 Å². The standard InChI is InChI=1S/C17H21N3O2S/c1-12-11-23-16(19-12)14-5-4-8-20(10-14)17(21)13(2)22-15-6-3-7-18-9-15/h3,6-7,9,11,13-14H,4-5,8,10H2,1-2H3/t13-,14-/m1/s1. The predicted molar refractivity (Wildman–Crippen MR) is 89.7 cm³/mol. The molecular formula is C17H21N3O2S. The van der Waals surface area contributed by atoms with Gasteiger partial charge in [0.25, 0.3) is 5.91 Å². The summed E-state index contributed by atoms with van der Waals surface area (Å²) in [6.07, 6.45) is 4.91. The summed E-state index contributed by atoms with van der Waals surface area (Å²) in [6, 6.07) is 3.61. The van der Waals surface area contributed by atoms with Gasteiger partial charge in [-0.15, -0.1) is 11.3 Å². The minimum Gasteiger partial charge on any atom is -0.479 e. The highest BCUT2D eigenvalue weighted by Gasteiger charge is 2.29. The fraction of sp³-hybridized carbons (Fsp3) is 0.471. The van der Waals surface area contributed by atoms with Crippen LogP contribution >= 0.6 is 11.3 Å². The average Bonchev–Trinajstić information content (AvgIpc) is 3.02. The lowest BCUT2D eigenvalue weighted by Crippen LogP contribution is -2.45. The SMILES string of the molecule is Cc1csc([C@@H]2CCCN(C(=O)[C@@H](C)Oc3cccnc3)C2)n1. The highest BCUT2D eigenvalue weighted by atomic mass is 32.1. The van der Waals surface area contributed by atoms with E-state index in [1.54, 1.807) is 36.7 Å². The van der Waals surface area contributed by atoms with Gasteiger partial charge in [0.2, 0.25) is 0 Å². The van der Waals surface area contributed by atoms with Crippen molar-refractivity contribution in [1.82, 2.24) is 14.9 Å². The molecule has 1 amide bonds. The summed E-state index contributed by atoms with van der Waals surface area (Å²) < 4.78 is 5.71. The first kappa shape index (κ1) is 15.9. The number of hydrogen-bond donors (Lipinski definition) is 0. The van der Waals surface area contributed by atoms with Gasteiger partial charge in [0.05, 0.1) is 11.2 Å². The molecule has 2 aromatic heterocycles. The molecule has 0 aromatic carbocycles. The van der Waals surface area contributed by atoms with E-state index in [0.29, 0.717) is 11.7 Å². The molecule has 122 valence electrons. The van der Waals surface area contributed by atoms with Crippen LogP contribution in [0.4, 0.5) is 0 Å². The third kappa shape index (κ3) is 3.88. The van der Waals surface area contributed by atoms with Gasteiger partial charge in [-0.05, 0) is 38.8 Å². The Hall–Kier alpha value is -1.95. The monoisotopic (exact) mass is 331 g/mol. The zero-order valence-corrected chi connectivity index (χ0v) is 14.3. The number of amides is 1. The highest BCUT2D eigenvalue weighted by Crippen LogP contribution is 2.29. The van der Waals surface area contributed by atoms with Gasteiger partial charge in [0, 0.05) is 36.3 Å². The number of rotatable bonds is 4. The number of aryl methyl sites for hydroxylation is 1. The molecule has 2 aromatic rings. The molecular weight excluding hydrogens is 310 g/mol. The Balaban J connectivity index is 1.62. The lowest BCUT2D eigenvalue weighted by molar-refractivity contribution is -0.139. The summed E-state index contributed by atoms with van der Waals surface area (Å²) in [5, 5.41) is 3.21. The van der Waals surface area contributed by atoms with E-state index < -0.39 is 6.10 Å². The van der Waals surface area contributed by atoms with Gasteiger partial charge >= 0.3 is 0 Å². The van der Waals surface area contributed by atoms with Gasteiger partial charge in [-0.2, -0.15) is 0 Å². The van der Waals surface area contributed by atoms with Crippen LogP contribution in [0.5, 0.6) is 5.75 Å². The van der Waals surface area contributed by atoms with Gasteiger partial charge in [-0.1, -0.05) is 0 Å². The van der Waals surface area contributed by atoms with Crippen LogP contribution < -0.4 is 4.74 Å². The van der Waals surface area contributed by atoms with Crippen LogP contribution in [0.3, 0.4) is 0 Å². The summed E-state index contributed by atoms with van der Waals surface area (Å²) in [5.41, 5.74) is 1.06. The van der Waals surface area contributed by atoms with E-state index in [-0.39, 0.29) is 5.91 Å². The van der Waals surface area contributed by atoms with Crippen molar-refractivity contribution in [2.75, 3.05) is 13.1 Å². The van der Waals surface area contributed by atoms with E-state index in [4.69, 9.17) is 4.74 Å². The minimum atomic E-state index is -0.504. The number of carbonyl (C=O) groups excluding carboxylic acids is 1. The normalized spacial score (nSPS) is 19.4. The summed E-state index contributed by atoms with van der Waals surface area (Å²) in [7, 11) is 0. The third-order valence-electron chi connectivity index (χ3n) is 4.01. The molecule has 1 fully saturated rings. The van der Waals surface area contributed by atoms with Crippen LogP contribution in [-0.4, -0.2) is 40.0 Å². The zero-order valence-electron chi connectivity index (χ0n) is 13.4. The molecule has 0 spiro atoms. The first-order valence-corrected chi connectivity index (χ1v) is 8.79. The van der Waals surface area contributed by atoms with Crippen molar-refractivity contribution in [2.45, 2.75) is 38.7 Å². The van der Waals surface area contributed by atoms with E-state index in [0.717, 1.165) is 36.6 Å². The van der Waals surface area contributed by atoms with Crippen molar-refractivity contribution in [3.05, 3.63) is 40.6 Å². The summed E-state index contributed by atoms with van der Waals surface area (Å²) in [6.45, 7) is 5.33. The van der Waals surface area contributed by atoms with Crippen molar-refractivity contribution >= 4 is 17.2 Å². The molecule has 1 aliphatic heterocycles. The van der Waals surface area contributed by atoms with Crippen molar-refractivity contribution < 1.29 is 9.53 Å². The van der Waals surface area contributed by atoms with Crippen LogP contribution in [0.2, 0.25) is 0 Å². The van der Waals surface area contributed by atoms with E-state index in [2.05, 4.69) is 15.3 Å². The lowest BCUT2D eigenvalue weighted by atomic mass is 9.98. The van der Waals surface area contributed by atoms with Crippen molar-refractivity contribution in [1.29, 1.82) is 0 Å². The first-order valence-electron chi connectivity index (χ1n) is 7.91. The smallest absolute Gasteiger partial charge is 0.263 e. The number of ether oxygens (including phenoxy) is 1. The maximum Gasteiger partial charge on any atom is 0.263 e. The van der Waals surface area contributed by atoms with E-state index >= 15 is 0 Å². The van der Waals surface area contributed by atoms with Crippen molar-refractivity contribution in [3.63, 3.8) is 0 Å². The van der Waals surface area contributed by atoms with Crippen molar-refractivity contribution in [2.24, 2.45) is 0 Å². The van der Waals surface area contributed by atoms with E-state index in [1.807, 2.05) is 17.9 Å². The summed E-state index contributed by atoms with van der Waals surface area (Å²) >= 11 is 1.69. The second-order valence-electron chi connectivity index (χ2n) is 5.90. The second-order valence-corrected chi connectivity index (χ2v) is 6.79. The number of thiazole rings is 1. The zero-order chi connectivity index (χ0) is 16.2. The fourth-order valence-corrected chi connectivity index (χ4v) is 3.79. The molecule has 23 heavy (non-hydrogen) atoms. The van der Waals surface area contributed by atoms with Gasteiger partial charge in [0.1, 0.15) is 5.75 Å². The number of piperidine rings is 1. The molecule has 0 aliphatic carbocycles. The molecule has 0 unspecified atom stereocenters. The maximum absolute atomic E-state index is 12.6. The topological polar surface area (TPSA) is 55.3 Å². The Labute approximate surface area is 140 Å². The number of hydrogen-bond acceptors (Lipinski definition) is 5.